The number of carboxylic acids is 1. The maximum atomic E-state index is 13.6. The van der Waals surface area contributed by atoms with Gasteiger partial charge in [0.2, 0.25) is 6.79 Å². The molecule has 0 amide bonds. The SMILES string of the molecule is O=C(O)[C@H](Sc1cc(C(F)(F)F)c2cc3c(cc2n1)OCO3)c1ccccc1. The van der Waals surface area contributed by atoms with Gasteiger partial charge in [-0.3, -0.25) is 4.79 Å². The van der Waals surface area contributed by atoms with Gasteiger partial charge in [-0.15, -0.1) is 0 Å². The molecule has 0 radical (unpaired) electrons. The van der Waals surface area contributed by atoms with E-state index in [9.17, 15) is 23.1 Å². The molecule has 0 aliphatic carbocycles. The molecule has 1 aliphatic rings. The molecule has 4 rings (SSSR count). The van der Waals surface area contributed by atoms with E-state index in [2.05, 4.69) is 4.98 Å². The molecule has 0 bridgehead atoms. The zero-order valence-electron chi connectivity index (χ0n) is 14.1. The quantitative estimate of drug-likeness (QED) is 0.621. The highest BCUT2D eigenvalue weighted by Crippen LogP contribution is 2.44. The van der Waals surface area contributed by atoms with E-state index in [1.54, 1.807) is 30.3 Å². The first-order valence-corrected chi connectivity index (χ1v) is 8.97. The molecule has 0 unspecified atom stereocenters. The lowest BCUT2D eigenvalue weighted by molar-refractivity contribution is -0.137. The van der Waals surface area contributed by atoms with E-state index in [1.807, 2.05) is 0 Å². The fraction of sp³-hybridized carbons (Fsp3) is 0.158. The van der Waals surface area contributed by atoms with Crippen molar-refractivity contribution in [2.45, 2.75) is 16.5 Å². The van der Waals surface area contributed by atoms with Crippen molar-refractivity contribution in [3.05, 3.63) is 59.7 Å². The van der Waals surface area contributed by atoms with Crippen molar-refractivity contribution < 1.29 is 32.5 Å². The molecule has 0 spiro atoms. The number of carbonyl (C=O) groups is 1. The number of hydrogen-bond acceptors (Lipinski definition) is 5. The van der Waals surface area contributed by atoms with Crippen molar-refractivity contribution in [3.8, 4) is 11.5 Å². The number of alkyl halides is 3. The van der Waals surface area contributed by atoms with Crippen LogP contribution in [0.25, 0.3) is 10.9 Å². The number of nitrogens with zero attached hydrogens (tertiary/aromatic N) is 1. The van der Waals surface area contributed by atoms with Gasteiger partial charge in [-0.1, -0.05) is 42.1 Å². The van der Waals surface area contributed by atoms with Crippen molar-refractivity contribution in [2.75, 3.05) is 6.79 Å². The Kier molecular flexibility index (Phi) is 4.54. The standard InChI is InChI=1S/C19H12F3NO4S/c20-19(21,22)12-7-16(28-17(18(24)25)10-4-2-1-3-5-10)23-13-8-15-14(6-11(12)13)26-9-27-15/h1-8,17H,9H2,(H,24,25)/t17-/m1/s1. The summed E-state index contributed by atoms with van der Waals surface area (Å²) < 4.78 is 51.3. The third kappa shape index (κ3) is 3.45. The van der Waals surface area contributed by atoms with E-state index in [-0.39, 0.29) is 28.5 Å². The summed E-state index contributed by atoms with van der Waals surface area (Å²) in [6.45, 7) is -0.0797. The minimum atomic E-state index is -4.64. The van der Waals surface area contributed by atoms with Crippen molar-refractivity contribution in [1.82, 2.24) is 4.98 Å². The number of rotatable bonds is 4. The van der Waals surface area contributed by atoms with Gasteiger partial charge in [0.05, 0.1) is 16.1 Å². The van der Waals surface area contributed by atoms with Crippen LogP contribution in [0.4, 0.5) is 13.2 Å². The molecule has 2 aromatic carbocycles. The number of hydrogen-bond donors (Lipinski definition) is 1. The highest BCUT2D eigenvalue weighted by atomic mass is 32.2. The molecule has 1 aromatic heterocycles. The third-order valence-electron chi connectivity index (χ3n) is 4.15. The highest BCUT2D eigenvalue weighted by Gasteiger charge is 2.35. The van der Waals surface area contributed by atoms with E-state index in [1.165, 1.54) is 12.1 Å². The topological polar surface area (TPSA) is 68.7 Å². The van der Waals surface area contributed by atoms with Crippen LogP contribution < -0.4 is 9.47 Å². The molecule has 3 aromatic rings. The average molecular weight is 407 g/mol. The Morgan fingerprint density at radius 1 is 1.11 bits per heavy atom. The summed E-state index contributed by atoms with van der Waals surface area (Å²) in [6.07, 6.45) is -4.64. The van der Waals surface area contributed by atoms with E-state index >= 15 is 0 Å². The van der Waals surface area contributed by atoms with E-state index in [0.29, 0.717) is 11.3 Å². The number of ether oxygens (including phenoxy) is 2. The molecule has 2 heterocycles. The minimum Gasteiger partial charge on any atom is -0.480 e. The summed E-state index contributed by atoms with van der Waals surface area (Å²) in [5.41, 5.74) is -0.393. The van der Waals surface area contributed by atoms with Gasteiger partial charge in [-0.2, -0.15) is 13.2 Å². The molecule has 1 aliphatic heterocycles. The van der Waals surface area contributed by atoms with Crippen LogP contribution in [0.1, 0.15) is 16.4 Å². The van der Waals surface area contributed by atoms with Crippen LogP contribution in [0.5, 0.6) is 11.5 Å². The predicted molar refractivity (Wildman–Crippen MR) is 95.5 cm³/mol. The zero-order valence-corrected chi connectivity index (χ0v) is 14.9. The molecule has 1 atom stereocenters. The van der Waals surface area contributed by atoms with Crippen LogP contribution >= 0.6 is 11.8 Å². The number of pyridine rings is 1. The maximum Gasteiger partial charge on any atom is 0.417 e. The number of carboxylic acid groups (broad SMARTS) is 1. The van der Waals surface area contributed by atoms with Gasteiger partial charge in [0.25, 0.3) is 0 Å². The van der Waals surface area contributed by atoms with E-state index < -0.39 is 23.0 Å². The van der Waals surface area contributed by atoms with Gasteiger partial charge in [0.1, 0.15) is 5.25 Å². The van der Waals surface area contributed by atoms with Crippen LogP contribution in [0, 0.1) is 0 Å². The lowest BCUT2D eigenvalue weighted by atomic mass is 10.1. The van der Waals surface area contributed by atoms with Gasteiger partial charge in [0.15, 0.2) is 11.5 Å². The lowest BCUT2D eigenvalue weighted by Crippen LogP contribution is -2.10. The first kappa shape index (κ1) is 18.4. The normalized spacial score (nSPS) is 14.2. The Morgan fingerprint density at radius 2 is 1.79 bits per heavy atom. The number of benzene rings is 2. The molecule has 28 heavy (non-hydrogen) atoms. The minimum absolute atomic E-state index is 0.0463. The van der Waals surface area contributed by atoms with Crippen molar-refractivity contribution in [1.29, 1.82) is 0 Å². The average Bonchev–Trinajstić information content (AvgIpc) is 3.10. The summed E-state index contributed by atoms with van der Waals surface area (Å²) in [5.74, 6) is -0.654. The Labute approximate surface area is 161 Å². The monoisotopic (exact) mass is 407 g/mol. The van der Waals surface area contributed by atoms with E-state index in [0.717, 1.165) is 17.8 Å². The molecule has 144 valence electrons. The fourth-order valence-electron chi connectivity index (χ4n) is 2.90. The van der Waals surface area contributed by atoms with Crippen LogP contribution in [-0.2, 0) is 11.0 Å². The lowest BCUT2D eigenvalue weighted by Gasteiger charge is -2.15. The van der Waals surface area contributed by atoms with E-state index in [4.69, 9.17) is 9.47 Å². The van der Waals surface area contributed by atoms with Crippen LogP contribution in [-0.4, -0.2) is 22.9 Å². The smallest absolute Gasteiger partial charge is 0.417 e. The summed E-state index contributed by atoms with van der Waals surface area (Å²) in [6, 6.07) is 11.8. The molecule has 1 N–H and O–H groups in total. The fourth-order valence-corrected chi connectivity index (χ4v) is 3.87. The summed E-state index contributed by atoms with van der Waals surface area (Å²) >= 11 is 0.746. The second kappa shape index (κ2) is 6.90. The predicted octanol–water partition coefficient (Wildman–Crippen LogP) is 4.90. The summed E-state index contributed by atoms with van der Waals surface area (Å²) in [4.78, 5) is 15.9. The van der Waals surface area contributed by atoms with Gasteiger partial charge in [-0.25, -0.2) is 4.98 Å². The van der Waals surface area contributed by atoms with Crippen molar-refractivity contribution >= 4 is 28.6 Å². The van der Waals surface area contributed by atoms with Gasteiger partial charge < -0.3 is 14.6 Å². The number of thioether (sulfide) groups is 1. The largest absolute Gasteiger partial charge is 0.480 e. The molecule has 0 saturated heterocycles. The Bertz CT molecular complexity index is 1060. The van der Waals surface area contributed by atoms with Gasteiger partial charge in [-0.05, 0) is 17.7 Å². The zero-order chi connectivity index (χ0) is 19.9. The van der Waals surface area contributed by atoms with Crippen LogP contribution in [0.3, 0.4) is 0 Å². The maximum absolute atomic E-state index is 13.6. The number of aromatic nitrogens is 1. The Morgan fingerprint density at radius 3 is 2.43 bits per heavy atom. The second-order valence-electron chi connectivity index (χ2n) is 5.98. The van der Waals surface area contributed by atoms with Crippen LogP contribution in [0.2, 0.25) is 0 Å². The molecule has 0 fully saturated rings. The Hall–Kier alpha value is -2.94. The second-order valence-corrected chi connectivity index (χ2v) is 7.10. The first-order chi connectivity index (χ1) is 13.3. The number of halogens is 3. The Balaban J connectivity index is 1.83. The number of aliphatic carboxylic acids is 1. The van der Waals surface area contributed by atoms with Gasteiger partial charge >= 0.3 is 12.1 Å². The molecule has 0 saturated carbocycles. The van der Waals surface area contributed by atoms with Crippen LogP contribution in [0.15, 0.2) is 53.6 Å². The first-order valence-electron chi connectivity index (χ1n) is 8.09. The molecular weight excluding hydrogens is 395 g/mol. The summed E-state index contributed by atoms with van der Waals surface area (Å²) in [7, 11) is 0. The molecule has 9 heteroatoms. The summed E-state index contributed by atoms with van der Waals surface area (Å²) in [5, 5.41) is 8.28. The van der Waals surface area contributed by atoms with Gasteiger partial charge in [0, 0.05) is 11.5 Å². The molecule has 5 nitrogen and oxygen atoms in total. The number of fused-ring (bicyclic) bond motifs is 2. The van der Waals surface area contributed by atoms with Crippen molar-refractivity contribution in [2.24, 2.45) is 0 Å². The highest BCUT2D eigenvalue weighted by molar-refractivity contribution is 8.00. The third-order valence-corrected chi connectivity index (χ3v) is 5.31. The van der Waals surface area contributed by atoms with Crippen molar-refractivity contribution in [3.63, 3.8) is 0 Å². The molecular formula is C19H12F3NO4S.